The molecule has 1 rings (SSSR count). The highest BCUT2D eigenvalue weighted by Crippen LogP contribution is 2.16. The predicted octanol–water partition coefficient (Wildman–Crippen LogP) is -0.152. The Labute approximate surface area is 88.9 Å². The zero-order valence-corrected chi connectivity index (χ0v) is 9.01. The monoisotopic (exact) mass is 211 g/mol. The molecular weight excluding hydrogens is 194 g/mol. The molecule has 0 aliphatic carbocycles. The topological polar surface area (TPSA) is 101 Å². The molecule has 0 aliphatic rings. The minimum absolute atomic E-state index is 0.0575. The zero-order chi connectivity index (χ0) is 11.4. The van der Waals surface area contributed by atoms with Crippen LogP contribution in [0.5, 0.6) is 0 Å². The zero-order valence-electron chi connectivity index (χ0n) is 9.01. The molecule has 6 nitrogen and oxygen atoms in total. The van der Waals surface area contributed by atoms with Gasteiger partial charge >= 0.3 is 0 Å². The number of anilines is 3. The number of hydrogen-bond donors (Lipinski definition) is 3. The third-order valence-corrected chi connectivity index (χ3v) is 2.01. The van der Waals surface area contributed by atoms with Crippen LogP contribution in [0.3, 0.4) is 0 Å². The molecule has 1 heterocycles. The van der Waals surface area contributed by atoms with Crippen LogP contribution in [0.2, 0.25) is 0 Å². The van der Waals surface area contributed by atoms with Crippen molar-refractivity contribution in [3.8, 4) is 0 Å². The second kappa shape index (κ2) is 4.79. The summed E-state index contributed by atoms with van der Waals surface area (Å²) in [5.41, 5.74) is 11.1. The van der Waals surface area contributed by atoms with Gasteiger partial charge in [0, 0.05) is 18.7 Å². The Balaban J connectivity index is 2.99. The quantitative estimate of drug-likeness (QED) is 0.640. The molecule has 1 aromatic heterocycles. The SMILES string of the molecule is CC(C)N(CCO)c1cc(N)nc(N)n1. The van der Waals surface area contributed by atoms with Crippen LogP contribution < -0.4 is 16.4 Å². The molecule has 0 aliphatic heterocycles. The summed E-state index contributed by atoms with van der Waals surface area (Å²) in [6.07, 6.45) is 0. The molecule has 1 aromatic rings. The highest BCUT2D eigenvalue weighted by molar-refractivity contribution is 5.50. The standard InChI is InChI=1S/C9H17N5O/c1-6(2)14(3-4-15)8-5-7(10)12-9(11)13-8/h5-6,15H,3-4H2,1-2H3,(H4,10,11,12,13). The molecule has 0 spiro atoms. The Bertz CT molecular complexity index is 308. The lowest BCUT2D eigenvalue weighted by Crippen LogP contribution is -2.34. The van der Waals surface area contributed by atoms with Crippen molar-refractivity contribution in [2.24, 2.45) is 0 Å². The number of aromatic nitrogens is 2. The maximum atomic E-state index is 8.94. The largest absolute Gasteiger partial charge is 0.395 e. The van der Waals surface area contributed by atoms with Crippen molar-refractivity contribution in [1.82, 2.24) is 9.97 Å². The first kappa shape index (κ1) is 11.5. The summed E-state index contributed by atoms with van der Waals surface area (Å²) >= 11 is 0. The average molecular weight is 211 g/mol. The van der Waals surface area contributed by atoms with Crippen LogP contribution in [0.1, 0.15) is 13.8 Å². The molecule has 15 heavy (non-hydrogen) atoms. The second-order valence-corrected chi connectivity index (χ2v) is 3.52. The van der Waals surface area contributed by atoms with Gasteiger partial charge in [-0.25, -0.2) is 0 Å². The lowest BCUT2D eigenvalue weighted by Gasteiger charge is -2.27. The van der Waals surface area contributed by atoms with E-state index >= 15 is 0 Å². The molecule has 0 saturated carbocycles. The number of hydrogen-bond acceptors (Lipinski definition) is 6. The molecule has 6 heteroatoms. The summed E-state index contributed by atoms with van der Waals surface area (Å²) in [6.45, 7) is 4.56. The number of aliphatic hydroxyl groups excluding tert-OH is 1. The number of nitrogens with two attached hydrogens (primary N) is 2. The van der Waals surface area contributed by atoms with Crippen molar-refractivity contribution in [2.45, 2.75) is 19.9 Å². The van der Waals surface area contributed by atoms with E-state index in [4.69, 9.17) is 16.6 Å². The fourth-order valence-electron chi connectivity index (χ4n) is 1.36. The highest BCUT2D eigenvalue weighted by atomic mass is 16.3. The van der Waals surface area contributed by atoms with Crippen LogP contribution in [0, 0.1) is 0 Å². The van der Waals surface area contributed by atoms with Crippen molar-refractivity contribution in [2.75, 3.05) is 29.5 Å². The maximum absolute atomic E-state index is 8.94. The van der Waals surface area contributed by atoms with E-state index in [0.717, 1.165) is 0 Å². The molecule has 0 amide bonds. The summed E-state index contributed by atoms with van der Waals surface area (Å²) in [5, 5.41) is 8.94. The lowest BCUT2D eigenvalue weighted by atomic mass is 10.3. The Kier molecular flexibility index (Phi) is 3.68. The summed E-state index contributed by atoms with van der Waals surface area (Å²) < 4.78 is 0. The molecule has 0 aromatic carbocycles. The van der Waals surface area contributed by atoms with Gasteiger partial charge in [0.2, 0.25) is 5.95 Å². The summed E-state index contributed by atoms with van der Waals surface area (Å²) in [6, 6.07) is 1.86. The van der Waals surface area contributed by atoms with E-state index in [1.165, 1.54) is 0 Å². The van der Waals surface area contributed by atoms with E-state index < -0.39 is 0 Å². The van der Waals surface area contributed by atoms with Gasteiger partial charge in [-0.05, 0) is 13.8 Å². The molecule has 0 atom stereocenters. The summed E-state index contributed by atoms with van der Waals surface area (Å²) in [7, 11) is 0. The highest BCUT2D eigenvalue weighted by Gasteiger charge is 2.12. The Morgan fingerprint density at radius 2 is 2.07 bits per heavy atom. The third kappa shape index (κ3) is 2.95. The van der Waals surface area contributed by atoms with Crippen LogP contribution in [0.25, 0.3) is 0 Å². The van der Waals surface area contributed by atoms with Gasteiger partial charge in [-0.3, -0.25) is 0 Å². The van der Waals surface area contributed by atoms with Gasteiger partial charge in [0.25, 0.3) is 0 Å². The van der Waals surface area contributed by atoms with Crippen molar-refractivity contribution in [3.63, 3.8) is 0 Å². The number of aliphatic hydroxyl groups is 1. The second-order valence-electron chi connectivity index (χ2n) is 3.52. The summed E-state index contributed by atoms with van der Waals surface area (Å²) in [5.74, 6) is 1.12. The van der Waals surface area contributed by atoms with Gasteiger partial charge < -0.3 is 21.5 Å². The Hall–Kier alpha value is -1.56. The molecule has 5 N–H and O–H groups in total. The number of nitrogens with zero attached hydrogens (tertiary/aromatic N) is 3. The molecule has 0 unspecified atom stereocenters. The maximum Gasteiger partial charge on any atom is 0.223 e. The van der Waals surface area contributed by atoms with Crippen molar-refractivity contribution in [1.29, 1.82) is 0 Å². The van der Waals surface area contributed by atoms with Crippen LogP contribution in [0.4, 0.5) is 17.6 Å². The molecule has 0 saturated heterocycles. The van der Waals surface area contributed by atoms with E-state index in [1.54, 1.807) is 6.07 Å². The van der Waals surface area contributed by atoms with E-state index in [-0.39, 0.29) is 18.6 Å². The van der Waals surface area contributed by atoms with Crippen LogP contribution >= 0.6 is 0 Å². The number of rotatable bonds is 4. The van der Waals surface area contributed by atoms with Crippen molar-refractivity contribution < 1.29 is 5.11 Å². The van der Waals surface area contributed by atoms with E-state index in [2.05, 4.69) is 9.97 Å². The van der Waals surface area contributed by atoms with Gasteiger partial charge in [0.05, 0.1) is 6.61 Å². The minimum Gasteiger partial charge on any atom is -0.395 e. The first-order chi connectivity index (χ1) is 7.04. The van der Waals surface area contributed by atoms with E-state index in [1.807, 2.05) is 18.7 Å². The molecule has 84 valence electrons. The smallest absolute Gasteiger partial charge is 0.223 e. The normalized spacial score (nSPS) is 10.7. The first-order valence-electron chi connectivity index (χ1n) is 4.82. The van der Waals surface area contributed by atoms with Crippen molar-refractivity contribution in [3.05, 3.63) is 6.07 Å². The number of nitrogen functional groups attached to an aromatic ring is 2. The van der Waals surface area contributed by atoms with Crippen LogP contribution in [0.15, 0.2) is 6.07 Å². The van der Waals surface area contributed by atoms with Crippen molar-refractivity contribution >= 4 is 17.6 Å². The Morgan fingerprint density at radius 3 is 2.53 bits per heavy atom. The van der Waals surface area contributed by atoms with Gasteiger partial charge in [-0.2, -0.15) is 9.97 Å². The van der Waals surface area contributed by atoms with Crippen LogP contribution in [-0.4, -0.2) is 34.3 Å². The lowest BCUT2D eigenvalue weighted by molar-refractivity contribution is 0.298. The van der Waals surface area contributed by atoms with Gasteiger partial charge in [0.15, 0.2) is 0 Å². The molecule has 0 fully saturated rings. The average Bonchev–Trinajstić information content (AvgIpc) is 2.11. The molecular formula is C9H17N5O. The predicted molar refractivity (Wildman–Crippen MR) is 60.4 cm³/mol. The van der Waals surface area contributed by atoms with E-state index in [0.29, 0.717) is 18.2 Å². The fourth-order valence-corrected chi connectivity index (χ4v) is 1.36. The fraction of sp³-hybridized carbons (Fsp3) is 0.556. The minimum atomic E-state index is 0.0575. The molecule has 0 radical (unpaired) electrons. The van der Waals surface area contributed by atoms with E-state index in [9.17, 15) is 0 Å². The van der Waals surface area contributed by atoms with Gasteiger partial charge in [-0.1, -0.05) is 0 Å². The molecule has 0 bridgehead atoms. The first-order valence-corrected chi connectivity index (χ1v) is 4.82. The van der Waals surface area contributed by atoms with Crippen LogP contribution in [-0.2, 0) is 0 Å². The van der Waals surface area contributed by atoms with Gasteiger partial charge in [0.1, 0.15) is 11.6 Å². The van der Waals surface area contributed by atoms with Gasteiger partial charge in [-0.15, -0.1) is 0 Å². The summed E-state index contributed by atoms with van der Waals surface area (Å²) in [4.78, 5) is 9.78. The third-order valence-electron chi connectivity index (χ3n) is 2.01. The Morgan fingerprint density at radius 1 is 1.40 bits per heavy atom.